The zero-order valence-corrected chi connectivity index (χ0v) is 15.2. The van der Waals surface area contributed by atoms with Crippen molar-refractivity contribution in [3.05, 3.63) is 89.0 Å². The van der Waals surface area contributed by atoms with Crippen LogP contribution in [-0.2, 0) is 4.79 Å². The van der Waals surface area contributed by atoms with Gasteiger partial charge in [0.2, 0.25) is 0 Å². The number of imidazole rings is 1. The predicted octanol–water partition coefficient (Wildman–Crippen LogP) is 5.29. The Morgan fingerprint density at radius 3 is 2.71 bits per heavy atom. The van der Waals surface area contributed by atoms with E-state index in [-0.39, 0.29) is 11.7 Å². The minimum atomic E-state index is -0.314. The molecule has 0 bridgehead atoms. The lowest BCUT2D eigenvalue weighted by Gasteiger charge is -2.03. The summed E-state index contributed by atoms with van der Waals surface area (Å²) in [6.07, 6.45) is 3.68. The van der Waals surface area contributed by atoms with Gasteiger partial charge in [0.15, 0.2) is 0 Å². The second-order valence-electron chi connectivity index (χ2n) is 6.48. The number of rotatable bonds is 2. The summed E-state index contributed by atoms with van der Waals surface area (Å²) in [5.41, 5.74) is 4.87. The van der Waals surface area contributed by atoms with Crippen LogP contribution in [0.1, 0.15) is 11.3 Å². The standard InChI is InChI=1S/C22H13ClFN3O/c23-14-6-9-18-16(11-14)17(22(28)25-18)12-19-21(13-4-7-15(24)8-5-13)26-20-3-1-2-10-27(19)20/h1-12H,(H,25,28)/b17-12+. The molecule has 1 N–H and O–H groups in total. The Kier molecular flexibility index (Phi) is 3.77. The Labute approximate surface area is 164 Å². The van der Waals surface area contributed by atoms with E-state index in [1.807, 2.05) is 28.8 Å². The van der Waals surface area contributed by atoms with Gasteiger partial charge < -0.3 is 5.32 Å². The fourth-order valence-corrected chi connectivity index (χ4v) is 3.59. The summed E-state index contributed by atoms with van der Waals surface area (Å²) < 4.78 is 15.3. The number of anilines is 1. The van der Waals surface area contributed by atoms with Crippen molar-refractivity contribution in [2.45, 2.75) is 0 Å². The molecule has 1 aliphatic rings. The molecule has 0 saturated heterocycles. The van der Waals surface area contributed by atoms with Gasteiger partial charge in [0.25, 0.3) is 5.91 Å². The van der Waals surface area contributed by atoms with E-state index in [2.05, 4.69) is 5.32 Å². The van der Waals surface area contributed by atoms with Crippen LogP contribution in [0.4, 0.5) is 10.1 Å². The molecule has 28 heavy (non-hydrogen) atoms. The molecule has 4 aromatic rings. The number of carbonyl (C=O) groups excluding carboxylic acids is 1. The third kappa shape index (κ3) is 2.68. The third-order valence-electron chi connectivity index (χ3n) is 4.73. The molecule has 0 fully saturated rings. The molecule has 0 aliphatic carbocycles. The smallest absolute Gasteiger partial charge is 0.256 e. The minimum Gasteiger partial charge on any atom is -0.321 e. The number of hydrogen-bond acceptors (Lipinski definition) is 2. The molecule has 1 amide bonds. The largest absolute Gasteiger partial charge is 0.321 e. The van der Waals surface area contributed by atoms with Crippen molar-refractivity contribution in [1.29, 1.82) is 0 Å². The highest BCUT2D eigenvalue weighted by molar-refractivity contribution is 6.36. The molecule has 136 valence electrons. The van der Waals surface area contributed by atoms with Gasteiger partial charge in [0.05, 0.1) is 17.0 Å². The zero-order chi connectivity index (χ0) is 19.3. The summed E-state index contributed by atoms with van der Waals surface area (Å²) in [5, 5.41) is 3.41. The number of aromatic nitrogens is 2. The van der Waals surface area contributed by atoms with Gasteiger partial charge in [0.1, 0.15) is 11.5 Å². The summed E-state index contributed by atoms with van der Waals surface area (Å²) >= 11 is 6.14. The molecule has 2 aromatic heterocycles. The van der Waals surface area contributed by atoms with Gasteiger partial charge in [-0.2, -0.15) is 0 Å². The summed E-state index contributed by atoms with van der Waals surface area (Å²) in [5.74, 6) is -0.514. The molecule has 4 nitrogen and oxygen atoms in total. The summed E-state index contributed by atoms with van der Waals surface area (Å²) in [6, 6.07) is 17.1. The summed E-state index contributed by atoms with van der Waals surface area (Å²) in [4.78, 5) is 17.3. The maximum absolute atomic E-state index is 13.4. The van der Waals surface area contributed by atoms with Crippen LogP contribution in [0.2, 0.25) is 5.02 Å². The fourth-order valence-electron chi connectivity index (χ4n) is 3.41. The quantitative estimate of drug-likeness (QED) is 0.474. The topological polar surface area (TPSA) is 46.4 Å². The van der Waals surface area contributed by atoms with E-state index in [1.54, 1.807) is 36.4 Å². The van der Waals surface area contributed by atoms with Crippen LogP contribution in [0.25, 0.3) is 28.6 Å². The molecule has 5 rings (SSSR count). The lowest BCUT2D eigenvalue weighted by Crippen LogP contribution is -2.04. The molecule has 3 heterocycles. The van der Waals surface area contributed by atoms with Gasteiger partial charge in [-0.1, -0.05) is 17.7 Å². The number of benzene rings is 2. The molecule has 0 atom stereocenters. The van der Waals surface area contributed by atoms with Gasteiger partial charge in [-0.15, -0.1) is 0 Å². The highest BCUT2D eigenvalue weighted by Crippen LogP contribution is 2.36. The van der Waals surface area contributed by atoms with E-state index in [0.29, 0.717) is 16.3 Å². The van der Waals surface area contributed by atoms with Crippen molar-refractivity contribution < 1.29 is 9.18 Å². The van der Waals surface area contributed by atoms with Crippen LogP contribution in [-0.4, -0.2) is 15.3 Å². The molecule has 0 spiro atoms. The van der Waals surface area contributed by atoms with Crippen LogP contribution < -0.4 is 5.32 Å². The Bertz CT molecular complexity index is 1270. The number of fused-ring (bicyclic) bond motifs is 2. The summed E-state index contributed by atoms with van der Waals surface area (Å²) in [6.45, 7) is 0. The maximum atomic E-state index is 13.4. The number of halogens is 2. The van der Waals surface area contributed by atoms with Gasteiger partial charge in [-0.3, -0.25) is 9.20 Å². The molecule has 0 saturated carbocycles. The first kappa shape index (κ1) is 16.7. The number of amides is 1. The van der Waals surface area contributed by atoms with Crippen molar-refractivity contribution in [2.75, 3.05) is 5.32 Å². The monoisotopic (exact) mass is 389 g/mol. The molecule has 1 aliphatic heterocycles. The highest BCUT2D eigenvalue weighted by Gasteiger charge is 2.25. The van der Waals surface area contributed by atoms with E-state index in [1.165, 1.54) is 12.1 Å². The van der Waals surface area contributed by atoms with E-state index in [9.17, 15) is 9.18 Å². The number of pyridine rings is 1. The van der Waals surface area contributed by atoms with E-state index in [4.69, 9.17) is 16.6 Å². The van der Waals surface area contributed by atoms with E-state index >= 15 is 0 Å². The van der Waals surface area contributed by atoms with Crippen molar-refractivity contribution in [3.63, 3.8) is 0 Å². The zero-order valence-electron chi connectivity index (χ0n) is 14.5. The van der Waals surface area contributed by atoms with Gasteiger partial charge in [-0.05, 0) is 60.7 Å². The average molecular weight is 390 g/mol. The Balaban J connectivity index is 1.77. The maximum Gasteiger partial charge on any atom is 0.256 e. The number of carbonyl (C=O) groups is 1. The lowest BCUT2D eigenvalue weighted by atomic mass is 10.0. The number of hydrogen-bond donors (Lipinski definition) is 1. The van der Waals surface area contributed by atoms with Crippen LogP contribution in [0, 0.1) is 5.82 Å². The average Bonchev–Trinajstić information content (AvgIpc) is 3.21. The molecule has 2 aromatic carbocycles. The van der Waals surface area contributed by atoms with Gasteiger partial charge in [-0.25, -0.2) is 9.37 Å². The summed E-state index contributed by atoms with van der Waals surface area (Å²) in [7, 11) is 0. The van der Waals surface area contributed by atoms with E-state index < -0.39 is 0 Å². The van der Waals surface area contributed by atoms with Crippen LogP contribution in [0.5, 0.6) is 0 Å². The molecular weight excluding hydrogens is 377 g/mol. The molecule has 0 radical (unpaired) electrons. The Hall–Kier alpha value is -3.44. The second kappa shape index (κ2) is 6.32. The van der Waals surface area contributed by atoms with Crippen molar-refractivity contribution in [1.82, 2.24) is 9.38 Å². The van der Waals surface area contributed by atoms with Crippen molar-refractivity contribution >= 4 is 40.5 Å². The minimum absolute atomic E-state index is 0.201. The van der Waals surface area contributed by atoms with Crippen LogP contribution in [0.15, 0.2) is 66.9 Å². The number of nitrogens with one attached hydrogen (secondary N) is 1. The van der Waals surface area contributed by atoms with E-state index in [0.717, 1.165) is 28.2 Å². The molecular formula is C22H13ClFN3O. The van der Waals surface area contributed by atoms with Crippen LogP contribution in [0.3, 0.4) is 0 Å². The first-order chi connectivity index (χ1) is 13.6. The van der Waals surface area contributed by atoms with Crippen molar-refractivity contribution in [2.24, 2.45) is 0 Å². The first-order valence-corrected chi connectivity index (χ1v) is 9.04. The second-order valence-corrected chi connectivity index (χ2v) is 6.92. The highest BCUT2D eigenvalue weighted by atomic mass is 35.5. The first-order valence-electron chi connectivity index (χ1n) is 8.66. The Morgan fingerprint density at radius 1 is 1.07 bits per heavy atom. The lowest BCUT2D eigenvalue weighted by molar-refractivity contribution is -0.110. The van der Waals surface area contributed by atoms with Crippen molar-refractivity contribution in [3.8, 4) is 11.3 Å². The van der Waals surface area contributed by atoms with Gasteiger partial charge >= 0.3 is 0 Å². The number of nitrogens with zero attached hydrogens (tertiary/aromatic N) is 2. The molecule has 6 heteroatoms. The SMILES string of the molecule is O=C1Nc2ccc(Cl)cc2/C1=C\c1c(-c2ccc(F)cc2)nc2ccccn12. The third-order valence-corrected chi connectivity index (χ3v) is 4.97. The fraction of sp³-hybridized carbons (Fsp3) is 0. The normalized spacial score (nSPS) is 14.5. The molecule has 0 unspecified atom stereocenters. The van der Waals surface area contributed by atoms with Crippen LogP contribution >= 0.6 is 11.6 Å². The predicted molar refractivity (Wildman–Crippen MR) is 109 cm³/mol. The Morgan fingerprint density at radius 2 is 1.89 bits per heavy atom. The van der Waals surface area contributed by atoms with Gasteiger partial charge in [0, 0.05) is 28.0 Å².